The van der Waals surface area contributed by atoms with Crippen molar-refractivity contribution in [1.29, 1.82) is 0 Å². The predicted octanol–water partition coefficient (Wildman–Crippen LogP) is 0.251. The molecular weight excluding hydrogens is 396 g/mol. The van der Waals surface area contributed by atoms with Crippen LogP contribution >= 0.6 is 22.6 Å². The van der Waals surface area contributed by atoms with Gasteiger partial charge in [0.05, 0.1) is 18.8 Å². The molecule has 1 heterocycles. The Morgan fingerprint density at radius 1 is 1.64 bits per heavy atom. The van der Waals surface area contributed by atoms with Gasteiger partial charge in [0.25, 0.3) is 5.91 Å². The Morgan fingerprint density at radius 2 is 2.41 bits per heavy atom. The van der Waals surface area contributed by atoms with Gasteiger partial charge in [-0.3, -0.25) is 4.79 Å². The fraction of sp³-hybridized carbons (Fsp3) is 0.500. The number of nitrogens with zero attached hydrogens (tertiary/aromatic N) is 1. The first-order chi connectivity index (χ1) is 10.5. The highest BCUT2D eigenvalue weighted by Gasteiger charge is 2.19. The van der Waals surface area contributed by atoms with E-state index in [1.54, 1.807) is 12.1 Å². The summed E-state index contributed by atoms with van der Waals surface area (Å²) >= 11 is 2.10. The molecule has 1 aromatic carbocycles. The number of amides is 1. The molecule has 1 unspecified atom stereocenters. The first-order valence-corrected chi connectivity index (χ1v) is 8.30. The van der Waals surface area contributed by atoms with Gasteiger partial charge in [0.15, 0.2) is 7.98 Å². The van der Waals surface area contributed by atoms with Crippen LogP contribution in [0.5, 0.6) is 5.75 Å². The van der Waals surface area contributed by atoms with Crippen molar-refractivity contribution in [3.05, 3.63) is 21.3 Å². The third-order valence-corrected chi connectivity index (χ3v) is 4.54. The SMILES string of the molecule is BN1CCCOC(CNC(=O)c2cc(I)c(N)cc2OC)C1. The average molecular weight is 417 g/mol. The van der Waals surface area contributed by atoms with Crippen molar-refractivity contribution in [2.24, 2.45) is 0 Å². The number of ether oxygens (including phenoxy) is 2. The molecule has 0 saturated carbocycles. The number of nitrogens with one attached hydrogen (secondary N) is 1. The lowest BCUT2D eigenvalue weighted by Gasteiger charge is -2.20. The van der Waals surface area contributed by atoms with E-state index in [9.17, 15) is 4.79 Å². The van der Waals surface area contributed by atoms with Crippen LogP contribution in [0.4, 0.5) is 5.69 Å². The lowest BCUT2D eigenvalue weighted by Crippen LogP contribution is -2.39. The summed E-state index contributed by atoms with van der Waals surface area (Å²) in [6.07, 6.45) is 1.03. The largest absolute Gasteiger partial charge is 0.496 e. The number of nitrogen functional groups attached to an aromatic ring is 1. The van der Waals surface area contributed by atoms with Gasteiger partial charge in [0.1, 0.15) is 5.75 Å². The molecule has 1 aliphatic rings. The van der Waals surface area contributed by atoms with Crippen LogP contribution < -0.4 is 15.8 Å². The van der Waals surface area contributed by atoms with Crippen LogP contribution in [-0.4, -0.2) is 58.2 Å². The second-order valence-electron chi connectivity index (χ2n) is 5.39. The minimum Gasteiger partial charge on any atom is -0.496 e. The monoisotopic (exact) mass is 417 g/mol. The molecule has 120 valence electrons. The molecule has 0 radical (unpaired) electrons. The Balaban J connectivity index is 2.01. The van der Waals surface area contributed by atoms with Crippen LogP contribution in [0.1, 0.15) is 16.8 Å². The Kier molecular flexibility index (Phi) is 6.33. The zero-order valence-corrected chi connectivity index (χ0v) is 15.1. The number of benzene rings is 1. The van der Waals surface area contributed by atoms with Crippen LogP contribution in [0.2, 0.25) is 0 Å². The van der Waals surface area contributed by atoms with Gasteiger partial charge < -0.3 is 25.3 Å². The molecule has 6 nitrogen and oxygen atoms in total. The Morgan fingerprint density at radius 3 is 3.14 bits per heavy atom. The van der Waals surface area contributed by atoms with Crippen molar-refractivity contribution in [3.63, 3.8) is 0 Å². The number of hydrogen-bond acceptors (Lipinski definition) is 5. The van der Waals surface area contributed by atoms with Crippen molar-refractivity contribution < 1.29 is 14.3 Å². The van der Waals surface area contributed by atoms with E-state index < -0.39 is 0 Å². The molecule has 8 heteroatoms. The van der Waals surface area contributed by atoms with Crippen molar-refractivity contribution in [2.45, 2.75) is 12.5 Å². The van der Waals surface area contributed by atoms with E-state index in [0.29, 0.717) is 23.5 Å². The molecule has 2 rings (SSSR count). The highest BCUT2D eigenvalue weighted by atomic mass is 127. The molecule has 1 fully saturated rings. The summed E-state index contributed by atoms with van der Waals surface area (Å²) in [5.74, 6) is 0.305. The first kappa shape index (κ1) is 17.4. The van der Waals surface area contributed by atoms with Gasteiger partial charge in [-0.05, 0) is 41.6 Å². The topological polar surface area (TPSA) is 76.8 Å². The summed E-state index contributed by atoms with van der Waals surface area (Å²) in [4.78, 5) is 14.6. The molecule has 1 saturated heterocycles. The molecule has 1 atom stereocenters. The van der Waals surface area contributed by atoms with E-state index in [1.807, 2.05) is 0 Å². The van der Waals surface area contributed by atoms with Crippen molar-refractivity contribution >= 4 is 42.2 Å². The average Bonchev–Trinajstić information content (AvgIpc) is 2.71. The molecule has 3 N–H and O–H groups in total. The number of methoxy groups -OCH3 is 1. The maximum atomic E-state index is 12.4. The van der Waals surface area contributed by atoms with Crippen LogP contribution in [0.3, 0.4) is 0 Å². The quantitative estimate of drug-likeness (QED) is 0.418. The second-order valence-corrected chi connectivity index (χ2v) is 6.55. The Labute approximate surface area is 145 Å². The molecular formula is C14H21BIN3O3. The normalized spacial score (nSPS) is 19.5. The molecule has 1 amide bonds. The summed E-state index contributed by atoms with van der Waals surface area (Å²) in [6, 6.07) is 3.41. The lowest BCUT2D eigenvalue weighted by molar-refractivity contribution is 0.0582. The van der Waals surface area contributed by atoms with Gasteiger partial charge in [-0.1, -0.05) is 0 Å². The van der Waals surface area contributed by atoms with Crippen LogP contribution in [0.25, 0.3) is 0 Å². The fourth-order valence-corrected chi connectivity index (χ4v) is 2.88. The smallest absolute Gasteiger partial charge is 0.255 e. The van der Waals surface area contributed by atoms with Crippen LogP contribution in [0, 0.1) is 3.57 Å². The minimum atomic E-state index is -0.176. The zero-order valence-electron chi connectivity index (χ0n) is 12.9. The predicted molar refractivity (Wildman–Crippen MR) is 96.9 cm³/mol. The van der Waals surface area contributed by atoms with Gasteiger partial charge in [0.2, 0.25) is 0 Å². The van der Waals surface area contributed by atoms with E-state index in [1.165, 1.54) is 7.11 Å². The molecule has 0 bridgehead atoms. The van der Waals surface area contributed by atoms with Gasteiger partial charge in [-0.25, -0.2) is 0 Å². The van der Waals surface area contributed by atoms with Crippen LogP contribution in [-0.2, 0) is 4.74 Å². The third-order valence-electron chi connectivity index (χ3n) is 3.61. The van der Waals surface area contributed by atoms with Crippen molar-refractivity contribution in [2.75, 3.05) is 39.1 Å². The summed E-state index contributed by atoms with van der Waals surface area (Å²) in [5, 5.41) is 2.92. The van der Waals surface area contributed by atoms with Crippen LogP contribution in [0.15, 0.2) is 12.1 Å². The van der Waals surface area contributed by atoms with Gasteiger partial charge >= 0.3 is 0 Å². The van der Waals surface area contributed by atoms with E-state index in [-0.39, 0.29) is 12.0 Å². The van der Waals surface area contributed by atoms with Gasteiger partial charge in [-0.15, -0.1) is 0 Å². The van der Waals surface area contributed by atoms with E-state index in [2.05, 4.69) is 40.7 Å². The molecule has 1 aliphatic heterocycles. The highest BCUT2D eigenvalue weighted by Crippen LogP contribution is 2.26. The number of rotatable bonds is 4. The van der Waals surface area contributed by atoms with E-state index in [4.69, 9.17) is 15.2 Å². The maximum Gasteiger partial charge on any atom is 0.255 e. The summed E-state index contributed by atoms with van der Waals surface area (Å²) in [5.41, 5.74) is 6.93. The maximum absolute atomic E-state index is 12.4. The minimum absolute atomic E-state index is 0.00954. The second kappa shape index (κ2) is 8.03. The number of carbonyl (C=O) groups is 1. The molecule has 0 aromatic heterocycles. The first-order valence-electron chi connectivity index (χ1n) is 7.22. The standard InChI is InChI=1S/C14H21BIN3O3/c1-21-13-6-12(17)11(16)5-10(13)14(20)18-7-9-8-19(15)3-2-4-22-9/h5-6,9H,2-4,7-8,15,17H2,1H3,(H,18,20). The highest BCUT2D eigenvalue weighted by molar-refractivity contribution is 14.1. The summed E-state index contributed by atoms with van der Waals surface area (Å²) in [6.45, 7) is 3.05. The lowest BCUT2D eigenvalue weighted by atomic mass is 10.1. The molecule has 0 spiro atoms. The third kappa shape index (κ3) is 4.50. The number of anilines is 1. The van der Waals surface area contributed by atoms with E-state index >= 15 is 0 Å². The summed E-state index contributed by atoms with van der Waals surface area (Å²) < 4.78 is 11.8. The summed E-state index contributed by atoms with van der Waals surface area (Å²) in [7, 11) is 3.59. The Hall–Kier alpha value is -0.995. The van der Waals surface area contributed by atoms with Crippen molar-refractivity contribution in [1.82, 2.24) is 10.1 Å². The van der Waals surface area contributed by atoms with Gasteiger partial charge in [0, 0.05) is 35.0 Å². The fourth-order valence-electron chi connectivity index (χ4n) is 2.42. The van der Waals surface area contributed by atoms with E-state index in [0.717, 1.165) is 29.7 Å². The van der Waals surface area contributed by atoms with Crippen molar-refractivity contribution in [3.8, 4) is 5.75 Å². The number of nitrogens with two attached hydrogens (primary N) is 1. The Bertz CT molecular complexity index is 544. The molecule has 22 heavy (non-hydrogen) atoms. The van der Waals surface area contributed by atoms with Gasteiger partial charge in [-0.2, -0.15) is 0 Å². The molecule has 0 aliphatic carbocycles. The zero-order chi connectivity index (χ0) is 16.1. The number of halogens is 1. The number of carbonyl (C=O) groups excluding carboxylic acids is 1. The number of hydrogen-bond donors (Lipinski definition) is 2. The molecule has 1 aromatic rings.